The summed E-state index contributed by atoms with van der Waals surface area (Å²) in [6, 6.07) is 1.71. The van der Waals surface area contributed by atoms with Crippen LogP contribution in [-0.2, 0) is 6.42 Å². The van der Waals surface area contributed by atoms with Gasteiger partial charge in [-0.25, -0.2) is 0 Å². The highest BCUT2D eigenvalue weighted by Crippen LogP contribution is 2.11. The van der Waals surface area contributed by atoms with Gasteiger partial charge in [0.1, 0.15) is 5.76 Å². The maximum absolute atomic E-state index is 11.8. The molecular weight excluding hydrogens is 216 g/mol. The van der Waals surface area contributed by atoms with Crippen molar-refractivity contribution in [3.8, 4) is 0 Å². The molecule has 0 saturated carbocycles. The second-order valence-corrected chi connectivity index (χ2v) is 4.71. The van der Waals surface area contributed by atoms with Crippen molar-refractivity contribution in [2.75, 3.05) is 6.54 Å². The molecule has 0 aliphatic heterocycles. The fourth-order valence-corrected chi connectivity index (χ4v) is 1.82. The molecule has 1 aromatic heterocycles. The molecule has 0 aliphatic rings. The molecular formula is C13H22N2O2. The molecule has 0 spiro atoms. The van der Waals surface area contributed by atoms with Crippen molar-refractivity contribution in [1.82, 2.24) is 5.32 Å². The van der Waals surface area contributed by atoms with Crippen molar-refractivity contribution in [2.45, 2.75) is 39.7 Å². The first-order valence-electron chi connectivity index (χ1n) is 6.14. The molecule has 0 aromatic carbocycles. The minimum Gasteiger partial charge on any atom is -0.469 e. The van der Waals surface area contributed by atoms with Gasteiger partial charge in [0.05, 0.1) is 11.8 Å². The lowest BCUT2D eigenvalue weighted by Crippen LogP contribution is -2.38. The first kappa shape index (κ1) is 13.8. The van der Waals surface area contributed by atoms with Gasteiger partial charge in [0.25, 0.3) is 5.91 Å². The minimum absolute atomic E-state index is 0.0101. The Balaban J connectivity index is 2.45. The van der Waals surface area contributed by atoms with E-state index in [1.54, 1.807) is 12.3 Å². The molecule has 0 aliphatic carbocycles. The van der Waals surface area contributed by atoms with Crippen LogP contribution in [0.25, 0.3) is 0 Å². The fourth-order valence-electron chi connectivity index (χ4n) is 1.82. The van der Waals surface area contributed by atoms with Gasteiger partial charge in [-0.2, -0.15) is 0 Å². The molecule has 0 bridgehead atoms. The maximum atomic E-state index is 11.8. The van der Waals surface area contributed by atoms with E-state index in [4.69, 9.17) is 10.2 Å². The quantitative estimate of drug-likeness (QED) is 0.796. The first-order chi connectivity index (χ1) is 8.04. The predicted molar refractivity (Wildman–Crippen MR) is 67.8 cm³/mol. The van der Waals surface area contributed by atoms with Gasteiger partial charge in [-0.15, -0.1) is 0 Å². The molecule has 0 fully saturated rings. The smallest absolute Gasteiger partial charge is 0.254 e. The highest BCUT2D eigenvalue weighted by Gasteiger charge is 2.14. The van der Waals surface area contributed by atoms with Crippen LogP contribution in [0.5, 0.6) is 0 Å². The molecule has 1 amide bonds. The summed E-state index contributed by atoms with van der Waals surface area (Å²) in [5, 5.41) is 2.84. The molecule has 0 saturated heterocycles. The van der Waals surface area contributed by atoms with Crippen molar-refractivity contribution in [2.24, 2.45) is 11.7 Å². The van der Waals surface area contributed by atoms with E-state index in [2.05, 4.69) is 19.2 Å². The van der Waals surface area contributed by atoms with Gasteiger partial charge in [0.15, 0.2) is 0 Å². The molecule has 4 heteroatoms. The van der Waals surface area contributed by atoms with E-state index in [0.29, 0.717) is 24.4 Å². The van der Waals surface area contributed by atoms with E-state index >= 15 is 0 Å². The molecule has 1 rings (SSSR count). The average molecular weight is 238 g/mol. The van der Waals surface area contributed by atoms with E-state index < -0.39 is 0 Å². The number of amides is 1. The Hall–Kier alpha value is -1.29. The molecule has 1 heterocycles. The first-order valence-corrected chi connectivity index (χ1v) is 6.14. The van der Waals surface area contributed by atoms with E-state index in [0.717, 1.165) is 12.2 Å². The van der Waals surface area contributed by atoms with Crippen LogP contribution in [0.3, 0.4) is 0 Å². The molecule has 17 heavy (non-hydrogen) atoms. The van der Waals surface area contributed by atoms with Crippen LogP contribution in [0.1, 0.15) is 43.3 Å². The third kappa shape index (κ3) is 4.23. The zero-order chi connectivity index (χ0) is 12.8. The molecule has 4 nitrogen and oxygen atoms in total. The third-order valence-corrected chi connectivity index (χ3v) is 2.61. The number of rotatable bonds is 6. The lowest BCUT2D eigenvalue weighted by atomic mass is 10.0. The van der Waals surface area contributed by atoms with Crippen molar-refractivity contribution >= 4 is 5.91 Å². The average Bonchev–Trinajstić information content (AvgIpc) is 2.72. The number of furan rings is 1. The number of carbonyl (C=O) groups is 1. The molecule has 3 N–H and O–H groups in total. The van der Waals surface area contributed by atoms with Gasteiger partial charge in [-0.3, -0.25) is 4.79 Å². The summed E-state index contributed by atoms with van der Waals surface area (Å²) in [5.74, 6) is 1.16. The Morgan fingerprint density at radius 1 is 1.53 bits per heavy atom. The molecule has 0 radical (unpaired) electrons. The number of hydrogen-bond donors (Lipinski definition) is 2. The Kier molecular flexibility index (Phi) is 5.22. The summed E-state index contributed by atoms with van der Waals surface area (Å²) in [6.07, 6.45) is 3.17. The summed E-state index contributed by atoms with van der Waals surface area (Å²) >= 11 is 0. The zero-order valence-electron chi connectivity index (χ0n) is 10.8. The van der Waals surface area contributed by atoms with Crippen LogP contribution < -0.4 is 11.1 Å². The van der Waals surface area contributed by atoms with Crippen LogP contribution in [0, 0.1) is 5.92 Å². The highest BCUT2D eigenvalue weighted by molar-refractivity contribution is 5.95. The number of carbonyl (C=O) groups excluding carboxylic acids is 1. The lowest BCUT2D eigenvalue weighted by Gasteiger charge is -2.14. The predicted octanol–water partition coefficient (Wildman–Crippen LogP) is 1.95. The highest BCUT2D eigenvalue weighted by atomic mass is 16.3. The number of nitrogens with two attached hydrogens (primary N) is 1. The normalized spacial score (nSPS) is 12.8. The Morgan fingerprint density at radius 3 is 2.82 bits per heavy atom. The lowest BCUT2D eigenvalue weighted by molar-refractivity contribution is 0.0948. The van der Waals surface area contributed by atoms with Gasteiger partial charge >= 0.3 is 0 Å². The van der Waals surface area contributed by atoms with Crippen molar-refractivity contribution < 1.29 is 9.21 Å². The molecule has 96 valence electrons. The van der Waals surface area contributed by atoms with Crippen molar-refractivity contribution in [3.63, 3.8) is 0 Å². The van der Waals surface area contributed by atoms with Gasteiger partial charge in [-0.1, -0.05) is 20.8 Å². The van der Waals surface area contributed by atoms with Gasteiger partial charge < -0.3 is 15.5 Å². The second-order valence-electron chi connectivity index (χ2n) is 4.71. The summed E-state index contributed by atoms with van der Waals surface area (Å²) in [7, 11) is 0. The Morgan fingerprint density at radius 2 is 2.24 bits per heavy atom. The number of nitrogens with one attached hydrogen (secondary N) is 1. The minimum atomic E-state index is -0.102. The van der Waals surface area contributed by atoms with Gasteiger partial charge in [0, 0.05) is 19.0 Å². The van der Waals surface area contributed by atoms with Crippen LogP contribution in [0.15, 0.2) is 16.7 Å². The van der Waals surface area contributed by atoms with Crippen LogP contribution >= 0.6 is 0 Å². The van der Waals surface area contributed by atoms with Crippen molar-refractivity contribution in [1.29, 1.82) is 0 Å². The standard InChI is InChI=1S/C13H22N2O2/c1-4-12-11(5-6-17-12)13(16)15-8-10(14)7-9(2)3/h5-6,9-10H,4,7-8,14H2,1-3H3,(H,15,16). The van der Waals surface area contributed by atoms with Crippen LogP contribution in [0.2, 0.25) is 0 Å². The van der Waals surface area contributed by atoms with Crippen molar-refractivity contribution in [3.05, 3.63) is 23.7 Å². The summed E-state index contributed by atoms with van der Waals surface area (Å²) < 4.78 is 5.21. The zero-order valence-corrected chi connectivity index (χ0v) is 10.8. The van der Waals surface area contributed by atoms with Crippen LogP contribution in [-0.4, -0.2) is 18.5 Å². The number of hydrogen-bond acceptors (Lipinski definition) is 3. The second kappa shape index (κ2) is 6.45. The SMILES string of the molecule is CCc1occc1C(=O)NCC(N)CC(C)C. The molecule has 1 atom stereocenters. The maximum Gasteiger partial charge on any atom is 0.254 e. The van der Waals surface area contributed by atoms with E-state index in [1.165, 1.54) is 0 Å². The molecule has 1 unspecified atom stereocenters. The molecule has 1 aromatic rings. The van der Waals surface area contributed by atoms with E-state index in [9.17, 15) is 4.79 Å². The Bertz CT molecular complexity index is 358. The summed E-state index contributed by atoms with van der Waals surface area (Å²) in [5.41, 5.74) is 6.52. The third-order valence-electron chi connectivity index (χ3n) is 2.61. The fraction of sp³-hybridized carbons (Fsp3) is 0.615. The van der Waals surface area contributed by atoms with Crippen LogP contribution in [0.4, 0.5) is 0 Å². The largest absolute Gasteiger partial charge is 0.469 e. The topological polar surface area (TPSA) is 68.3 Å². The summed E-state index contributed by atoms with van der Waals surface area (Å²) in [6.45, 7) is 6.70. The summed E-state index contributed by atoms with van der Waals surface area (Å²) in [4.78, 5) is 11.8. The van der Waals surface area contributed by atoms with E-state index in [-0.39, 0.29) is 11.9 Å². The van der Waals surface area contributed by atoms with E-state index in [1.807, 2.05) is 6.92 Å². The van der Waals surface area contributed by atoms with Gasteiger partial charge in [-0.05, 0) is 18.4 Å². The Labute approximate surface area is 103 Å². The monoisotopic (exact) mass is 238 g/mol. The number of aryl methyl sites for hydroxylation is 1. The van der Waals surface area contributed by atoms with Gasteiger partial charge in [0.2, 0.25) is 0 Å².